The molecule has 0 spiro atoms. The van der Waals surface area contributed by atoms with E-state index in [2.05, 4.69) is 34.6 Å². The van der Waals surface area contributed by atoms with E-state index >= 15 is 0 Å². The van der Waals surface area contributed by atoms with E-state index in [1.807, 2.05) is 0 Å². The minimum absolute atomic E-state index is 0.0433. The van der Waals surface area contributed by atoms with Crippen LogP contribution < -0.4 is 0 Å². The number of aliphatic hydroxyl groups excluding tert-OH is 1. The summed E-state index contributed by atoms with van der Waals surface area (Å²) in [5, 5.41) is 12.2. The van der Waals surface area contributed by atoms with Crippen LogP contribution in [-0.2, 0) is 23.9 Å². The van der Waals surface area contributed by atoms with Crippen LogP contribution in [0.1, 0.15) is 99.3 Å². The van der Waals surface area contributed by atoms with E-state index < -0.39 is 6.10 Å². The van der Waals surface area contributed by atoms with E-state index in [0.717, 1.165) is 51.4 Å². The Bertz CT molecular complexity index is 885. The van der Waals surface area contributed by atoms with E-state index in [9.17, 15) is 19.5 Å². The van der Waals surface area contributed by atoms with Gasteiger partial charge in [0.25, 0.3) is 0 Å². The molecule has 0 aromatic rings. The van der Waals surface area contributed by atoms with Crippen molar-refractivity contribution in [2.45, 2.75) is 112 Å². The molecule has 6 nitrogen and oxygen atoms in total. The predicted octanol–water partition coefficient (Wildman–Crippen LogP) is 5.59. The van der Waals surface area contributed by atoms with Crippen LogP contribution in [0.15, 0.2) is 0 Å². The molecular formula is C31H50O6. The largest absolute Gasteiger partial charge is 0.469 e. The Morgan fingerprint density at radius 3 is 2.41 bits per heavy atom. The molecule has 210 valence electrons. The highest BCUT2D eigenvalue weighted by Crippen LogP contribution is 2.70. The fraction of sp³-hybridized carbons (Fsp3) is 0.903. The van der Waals surface area contributed by atoms with E-state index in [4.69, 9.17) is 9.47 Å². The number of aliphatic hydroxyl groups is 1. The van der Waals surface area contributed by atoms with Gasteiger partial charge in [0.2, 0.25) is 0 Å². The number of methoxy groups -OCH3 is 1. The van der Waals surface area contributed by atoms with Gasteiger partial charge in [-0.25, -0.2) is 0 Å². The maximum atomic E-state index is 14.4. The second kappa shape index (κ2) is 10.6. The van der Waals surface area contributed by atoms with Gasteiger partial charge in [-0.1, -0.05) is 41.0 Å². The Balaban J connectivity index is 1.70. The summed E-state index contributed by atoms with van der Waals surface area (Å²) < 4.78 is 10.5. The number of rotatable bonds is 7. The zero-order valence-electron chi connectivity index (χ0n) is 24.1. The number of esters is 2. The predicted molar refractivity (Wildman–Crippen MR) is 141 cm³/mol. The highest BCUT2D eigenvalue weighted by atomic mass is 16.5. The van der Waals surface area contributed by atoms with Crippen LogP contribution in [0.25, 0.3) is 0 Å². The first-order chi connectivity index (χ1) is 17.4. The molecule has 0 saturated heterocycles. The zero-order valence-corrected chi connectivity index (χ0v) is 24.1. The maximum absolute atomic E-state index is 14.4. The number of fused-ring (bicyclic) bond motifs is 5. The summed E-state index contributed by atoms with van der Waals surface area (Å²) in [6, 6.07) is 0. The molecule has 0 aromatic heterocycles. The molecule has 0 amide bonds. The summed E-state index contributed by atoms with van der Waals surface area (Å²) in [6.07, 6.45) is 6.71. The molecule has 0 aliphatic heterocycles. The van der Waals surface area contributed by atoms with Crippen LogP contribution >= 0.6 is 0 Å². The minimum atomic E-state index is -0.524. The van der Waals surface area contributed by atoms with Gasteiger partial charge in [0.05, 0.1) is 13.2 Å². The Morgan fingerprint density at radius 1 is 1.11 bits per heavy atom. The molecule has 4 unspecified atom stereocenters. The van der Waals surface area contributed by atoms with Gasteiger partial charge < -0.3 is 14.6 Å². The molecule has 0 aromatic carbocycles. The third kappa shape index (κ3) is 4.47. The molecule has 1 N–H and O–H groups in total. The molecule has 4 fully saturated rings. The van der Waals surface area contributed by atoms with Crippen molar-refractivity contribution in [3.05, 3.63) is 0 Å². The van der Waals surface area contributed by atoms with Gasteiger partial charge in [0, 0.05) is 31.1 Å². The van der Waals surface area contributed by atoms with Gasteiger partial charge >= 0.3 is 11.9 Å². The molecule has 6 heteroatoms. The highest BCUT2D eigenvalue weighted by molar-refractivity contribution is 5.86. The van der Waals surface area contributed by atoms with E-state index in [-0.39, 0.29) is 64.4 Å². The summed E-state index contributed by atoms with van der Waals surface area (Å²) in [4.78, 5) is 38.0. The number of ether oxygens (including phenoxy) is 2. The molecule has 4 rings (SSSR count). The molecular weight excluding hydrogens is 468 g/mol. The lowest BCUT2D eigenvalue weighted by molar-refractivity contribution is -0.219. The second-order valence-electron chi connectivity index (χ2n) is 13.3. The summed E-state index contributed by atoms with van der Waals surface area (Å²) in [7, 11) is 1.44. The van der Waals surface area contributed by atoms with Crippen molar-refractivity contribution in [3.63, 3.8) is 0 Å². The Kier molecular flexibility index (Phi) is 8.20. The number of hydrogen-bond donors (Lipinski definition) is 1. The molecule has 4 aliphatic rings. The molecule has 0 bridgehead atoms. The van der Waals surface area contributed by atoms with Crippen molar-refractivity contribution in [2.24, 2.45) is 58.2 Å². The summed E-state index contributed by atoms with van der Waals surface area (Å²) in [6.45, 7) is 12.7. The summed E-state index contributed by atoms with van der Waals surface area (Å²) in [5.41, 5.74) is -0.268. The average Bonchev–Trinajstić information content (AvgIpc) is 3.20. The first kappa shape index (κ1) is 28.6. The molecule has 0 heterocycles. The van der Waals surface area contributed by atoms with E-state index in [1.165, 1.54) is 14.0 Å². The van der Waals surface area contributed by atoms with Crippen LogP contribution in [0.5, 0.6) is 0 Å². The van der Waals surface area contributed by atoms with Gasteiger partial charge in [0.15, 0.2) is 0 Å². The van der Waals surface area contributed by atoms with Gasteiger partial charge in [-0.3, -0.25) is 14.4 Å². The van der Waals surface area contributed by atoms with Crippen LogP contribution in [0, 0.1) is 58.2 Å². The summed E-state index contributed by atoms with van der Waals surface area (Å²) >= 11 is 0. The third-order valence-electron chi connectivity index (χ3n) is 12.0. The third-order valence-corrected chi connectivity index (χ3v) is 12.0. The number of carbonyl (C=O) groups excluding carboxylic acids is 3. The minimum Gasteiger partial charge on any atom is -0.469 e. The maximum Gasteiger partial charge on any atom is 0.305 e. The van der Waals surface area contributed by atoms with Gasteiger partial charge in [-0.05, 0) is 85.4 Å². The van der Waals surface area contributed by atoms with Gasteiger partial charge in [0.1, 0.15) is 11.9 Å². The lowest BCUT2D eigenvalue weighted by Gasteiger charge is -2.65. The van der Waals surface area contributed by atoms with Crippen molar-refractivity contribution >= 4 is 17.7 Å². The van der Waals surface area contributed by atoms with E-state index in [1.54, 1.807) is 0 Å². The monoisotopic (exact) mass is 518 g/mol. The topological polar surface area (TPSA) is 89.9 Å². The smallest absolute Gasteiger partial charge is 0.305 e. The lowest BCUT2D eigenvalue weighted by atomic mass is 9.39. The number of ketones is 1. The van der Waals surface area contributed by atoms with Crippen LogP contribution in [0.2, 0.25) is 0 Å². The molecule has 4 aliphatic carbocycles. The van der Waals surface area contributed by atoms with Crippen LogP contribution in [-0.4, -0.2) is 42.1 Å². The van der Waals surface area contributed by atoms with Crippen molar-refractivity contribution < 1.29 is 29.0 Å². The first-order valence-corrected chi connectivity index (χ1v) is 14.9. The standard InChI is InChI=1S/C31H50O6/c1-8-20-24-16-19(37-18(4)32)14-15-30(24,5)27-26(28(20)34)23-12-11-22(17(3)10-13-25(33)36-7)31(23,6)21(9-2)29(27)35/h17,19-24,26-27,29,35H,8-16H2,1-7H3/t17-,19-,20-,21+,22-,23?,24+,26?,27?,29?,30+,31-/m1/s1. The first-order valence-electron chi connectivity index (χ1n) is 14.9. The van der Waals surface area contributed by atoms with Crippen LogP contribution in [0.4, 0.5) is 0 Å². The van der Waals surface area contributed by atoms with E-state index in [0.29, 0.717) is 24.0 Å². The fourth-order valence-corrected chi connectivity index (χ4v) is 10.5. The van der Waals surface area contributed by atoms with Crippen molar-refractivity contribution in [3.8, 4) is 0 Å². The second-order valence-corrected chi connectivity index (χ2v) is 13.3. The lowest BCUT2D eigenvalue weighted by Crippen LogP contribution is -2.67. The average molecular weight is 519 g/mol. The van der Waals surface area contributed by atoms with Crippen molar-refractivity contribution in [1.82, 2.24) is 0 Å². The van der Waals surface area contributed by atoms with Crippen molar-refractivity contribution in [1.29, 1.82) is 0 Å². The zero-order chi connectivity index (χ0) is 27.3. The summed E-state index contributed by atoms with van der Waals surface area (Å²) in [5.74, 6) is 0.964. The Labute approximate surface area is 223 Å². The highest BCUT2D eigenvalue weighted by Gasteiger charge is 2.70. The Hall–Kier alpha value is -1.43. The van der Waals surface area contributed by atoms with Gasteiger partial charge in [-0.2, -0.15) is 0 Å². The van der Waals surface area contributed by atoms with Crippen LogP contribution in [0.3, 0.4) is 0 Å². The molecule has 0 radical (unpaired) electrons. The SMILES string of the molecule is CC[C@H]1C(=O)C2C3CC[C@H]([C@H](C)CCC(=O)OC)[C@@]3(C)[C@@H](CC)C(O)C2[C@@]2(C)CC[C@@H](OC(C)=O)C[C@@H]12. The normalized spacial score (nSPS) is 45.8. The quantitative estimate of drug-likeness (QED) is 0.442. The molecule has 37 heavy (non-hydrogen) atoms. The van der Waals surface area contributed by atoms with Crippen molar-refractivity contribution in [2.75, 3.05) is 7.11 Å². The number of hydrogen-bond acceptors (Lipinski definition) is 6. The molecule has 12 atom stereocenters. The fourth-order valence-electron chi connectivity index (χ4n) is 10.5. The molecule has 4 saturated carbocycles. The Morgan fingerprint density at radius 2 is 1.81 bits per heavy atom. The van der Waals surface area contributed by atoms with Gasteiger partial charge in [-0.15, -0.1) is 0 Å². The number of Topliss-reactive ketones (excluding diaryl/α,β-unsaturated/α-hetero) is 1. The number of carbonyl (C=O) groups is 3.